The van der Waals surface area contributed by atoms with E-state index in [-0.39, 0.29) is 0 Å². The number of hydrogen-bond acceptors (Lipinski definition) is 4. The lowest BCUT2D eigenvalue weighted by atomic mass is 9.86. The summed E-state index contributed by atoms with van der Waals surface area (Å²) >= 11 is 0. The molecule has 2 aliphatic rings. The predicted octanol–water partition coefficient (Wildman–Crippen LogP) is 2.82. The number of nitrogens with one attached hydrogen (secondary N) is 1. The Balaban J connectivity index is 1.75. The van der Waals surface area contributed by atoms with Gasteiger partial charge in [-0.3, -0.25) is 0 Å². The van der Waals surface area contributed by atoms with Crippen molar-refractivity contribution in [2.45, 2.75) is 32.7 Å². The van der Waals surface area contributed by atoms with Gasteiger partial charge in [0.25, 0.3) is 0 Å². The zero-order valence-corrected chi connectivity index (χ0v) is 13.0. The van der Waals surface area contributed by atoms with Gasteiger partial charge in [-0.25, -0.2) is 0 Å². The third kappa shape index (κ3) is 3.05. The molecule has 2 unspecified atom stereocenters. The van der Waals surface area contributed by atoms with Crippen LogP contribution in [0.2, 0.25) is 0 Å². The molecule has 2 heterocycles. The van der Waals surface area contributed by atoms with Crippen molar-refractivity contribution in [2.24, 2.45) is 11.0 Å². The third-order valence-electron chi connectivity index (χ3n) is 4.38. The fourth-order valence-corrected chi connectivity index (χ4v) is 3.40. The van der Waals surface area contributed by atoms with E-state index in [1.165, 1.54) is 24.2 Å². The molecule has 1 aromatic carbocycles. The largest absolute Gasteiger partial charge is 0.494 e. The molecule has 0 aromatic heterocycles. The minimum atomic E-state index is 0.292. The van der Waals surface area contributed by atoms with Crippen molar-refractivity contribution in [2.75, 3.05) is 26.2 Å². The topological polar surface area (TPSA) is 36.9 Å². The van der Waals surface area contributed by atoms with Crippen molar-refractivity contribution in [1.29, 1.82) is 0 Å². The first-order chi connectivity index (χ1) is 10.3. The quantitative estimate of drug-likeness (QED) is 0.905. The summed E-state index contributed by atoms with van der Waals surface area (Å²) in [5.41, 5.74) is 5.98. The van der Waals surface area contributed by atoms with Gasteiger partial charge in [-0.05, 0) is 37.6 Å². The van der Waals surface area contributed by atoms with Crippen LogP contribution >= 0.6 is 0 Å². The monoisotopic (exact) mass is 287 g/mol. The highest BCUT2D eigenvalue weighted by Gasteiger charge is 2.36. The molecule has 0 aliphatic carbocycles. The number of piperidine rings is 1. The van der Waals surface area contributed by atoms with Gasteiger partial charge in [0.1, 0.15) is 5.75 Å². The van der Waals surface area contributed by atoms with Crippen LogP contribution in [-0.2, 0) is 0 Å². The summed E-state index contributed by atoms with van der Waals surface area (Å²) in [7, 11) is 0. The molecule has 0 radical (unpaired) electrons. The van der Waals surface area contributed by atoms with Gasteiger partial charge in [-0.2, -0.15) is 5.10 Å². The third-order valence-corrected chi connectivity index (χ3v) is 4.38. The Hall–Kier alpha value is -1.55. The summed E-state index contributed by atoms with van der Waals surface area (Å²) in [6, 6.07) is 8.72. The highest BCUT2D eigenvalue weighted by atomic mass is 16.5. The lowest BCUT2D eigenvalue weighted by molar-refractivity contribution is 0.228. The van der Waals surface area contributed by atoms with Gasteiger partial charge in [-0.1, -0.05) is 19.1 Å². The van der Waals surface area contributed by atoms with Crippen LogP contribution in [0.5, 0.6) is 5.75 Å². The van der Waals surface area contributed by atoms with Crippen LogP contribution in [0.25, 0.3) is 0 Å². The summed E-state index contributed by atoms with van der Waals surface area (Å²) < 4.78 is 5.63. The second kappa shape index (κ2) is 6.48. The Bertz CT molecular complexity index is 515. The van der Waals surface area contributed by atoms with Crippen LogP contribution in [0.15, 0.2) is 29.4 Å². The van der Waals surface area contributed by atoms with Gasteiger partial charge >= 0.3 is 0 Å². The number of likely N-dealkylation sites (tertiary alicyclic amines) is 1. The summed E-state index contributed by atoms with van der Waals surface area (Å²) in [4.78, 5) is 2.57. The number of hydrazone groups is 1. The van der Waals surface area contributed by atoms with Crippen LogP contribution in [0.4, 0.5) is 0 Å². The Morgan fingerprint density at radius 3 is 3.10 bits per heavy atom. The van der Waals surface area contributed by atoms with Crippen molar-refractivity contribution in [3.8, 4) is 5.75 Å². The fourth-order valence-electron chi connectivity index (χ4n) is 3.40. The Kier molecular flexibility index (Phi) is 4.44. The zero-order chi connectivity index (χ0) is 14.7. The molecule has 4 heteroatoms. The maximum atomic E-state index is 5.63. The first-order valence-electron chi connectivity index (χ1n) is 8.09. The molecule has 2 aliphatic heterocycles. The normalized spacial score (nSPS) is 25.1. The second-order valence-electron chi connectivity index (χ2n) is 5.87. The maximum Gasteiger partial charge on any atom is 0.119 e. The van der Waals surface area contributed by atoms with Gasteiger partial charge in [0.05, 0.1) is 12.6 Å². The number of rotatable bonds is 5. The average molecular weight is 287 g/mol. The predicted molar refractivity (Wildman–Crippen MR) is 85.8 cm³/mol. The van der Waals surface area contributed by atoms with E-state index in [1.807, 2.05) is 13.0 Å². The van der Waals surface area contributed by atoms with Crippen LogP contribution in [-0.4, -0.2) is 36.9 Å². The summed E-state index contributed by atoms with van der Waals surface area (Å²) in [5.74, 6) is 1.45. The smallest absolute Gasteiger partial charge is 0.119 e. The van der Waals surface area contributed by atoms with E-state index >= 15 is 0 Å². The Labute approximate surface area is 127 Å². The standard InChI is InChI=1S/C17H25N3O/c1-3-9-20-10-8-16-15(12-20)17(19-18-16)13-6-5-7-14(11-13)21-4-2/h5-7,11,15,17,19H,3-4,8-10,12H2,1-2H3. The van der Waals surface area contributed by atoms with E-state index < -0.39 is 0 Å². The van der Waals surface area contributed by atoms with Crippen molar-refractivity contribution in [3.05, 3.63) is 29.8 Å². The van der Waals surface area contributed by atoms with Gasteiger partial charge < -0.3 is 15.1 Å². The Morgan fingerprint density at radius 1 is 1.38 bits per heavy atom. The molecular weight excluding hydrogens is 262 g/mol. The molecule has 1 fully saturated rings. The minimum absolute atomic E-state index is 0.292. The van der Waals surface area contributed by atoms with E-state index in [0.717, 1.165) is 25.3 Å². The number of benzene rings is 1. The van der Waals surface area contributed by atoms with Gasteiger partial charge in [0.2, 0.25) is 0 Å². The van der Waals surface area contributed by atoms with Crippen LogP contribution in [0.1, 0.15) is 38.3 Å². The van der Waals surface area contributed by atoms with Gasteiger partial charge in [0, 0.05) is 31.1 Å². The SMILES string of the molecule is CCCN1CCC2=NNC(c3cccc(OCC)c3)C2C1. The Morgan fingerprint density at radius 2 is 2.29 bits per heavy atom. The molecule has 114 valence electrons. The van der Waals surface area contributed by atoms with Gasteiger partial charge in [0.15, 0.2) is 0 Å². The molecule has 0 saturated carbocycles. The summed E-state index contributed by atoms with van der Waals surface area (Å²) in [6.07, 6.45) is 2.32. The molecule has 1 saturated heterocycles. The van der Waals surface area contributed by atoms with Crippen molar-refractivity contribution < 1.29 is 4.74 Å². The number of fused-ring (bicyclic) bond motifs is 1. The van der Waals surface area contributed by atoms with E-state index in [0.29, 0.717) is 18.6 Å². The summed E-state index contributed by atoms with van der Waals surface area (Å²) in [6.45, 7) is 8.43. The molecule has 0 bridgehead atoms. The van der Waals surface area contributed by atoms with Gasteiger partial charge in [-0.15, -0.1) is 0 Å². The second-order valence-corrected chi connectivity index (χ2v) is 5.87. The highest BCUT2D eigenvalue weighted by molar-refractivity contribution is 5.89. The molecule has 21 heavy (non-hydrogen) atoms. The lowest BCUT2D eigenvalue weighted by Gasteiger charge is -2.33. The first-order valence-corrected chi connectivity index (χ1v) is 8.09. The summed E-state index contributed by atoms with van der Waals surface area (Å²) in [5, 5.41) is 4.58. The molecule has 0 amide bonds. The molecule has 4 nitrogen and oxygen atoms in total. The lowest BCUT2D eigenvalue weighted by Crippen LogP contribution is -2.42. The highest BCUT2D eigenvalue weighted by Crippen LogP contribution is 2.33. The molecule has 3 rings (SSSR count). The molecule has 1 aromatic rings. The van der Waals surface area contributed by atoms with Crippen LogP contribution in [0, 0.1) is 5.92 Å². The molecule has 2 atom stereocenters. The van der Waals surface area contributed by atoms with E-state index in [9.17, 15) is 0 Å². The van der Waals surface area contributed by atoms with E-state index in [4.69, 9.17) is 4.74 Å². The van der Waals surface area contributed by atoms with E-state index in [2.05, 4.69) is 40.5 Å². The number of hydrogen-bond donors (Lipinski definition) is 1. The zero-order valence-electron chi connectivity index (χ0n) is 13.0. The van der Waals surface area contributed by atoms with Crippen molar-refractivity contribution in [3.63, 3.8) is 0 Å². The molecular formula is C17H25N3O. The van der Waals surface area contributed by atoms with Crippen molar-refractivity contribution >= 4 is 5.71 Å². The van der Waals surface area contributed by atoms with Crippen LogP contribution in [0.3, 0.4) is 0 Å². The van der Waals surface area contributed by atoms with E-state index in [1.54, 1.807) is 0 Å². The maximum absolute atomic E-state index is 5.63. The van der Waals surface area contributed by atoms with Crippen LogP contribution < -0.4 is 10.2 Å². The molecule has 0 spiro atoms. The first kappa shape index (κ1) is 14.4. The average Bonchev–Trinajstić information content (AvgIpc) is 2.91. The molecule has 1 N–H and O–H groups in total. The fraction of sp³-hybridized carbons (Fsp3) is 0.588. The minimum Gasteiger partial charge on any atom is -0.494 e. The van der Waals surface area contributed by atoms with Crippen molar-refractivity contribution in [1.82, 2.24) is 10.3 Å². The number of nitrogens with zero attached hydrogens (tertiary/aromatic N) is 2. The number of ether oxygens (including phenoxy) is 1.